The van der Waals surface area contributed by atoms with Crippen LogP contribution in [-0.4, -0.2) is 25.4 Å². The van der Waals surface area contributed by atoms with Gasteiger partial charge in [0.05, 0.1) is 0 Å². The summed E-state index contributed by atoms with van der Waals surface area (Å²) in [5, 5.41) is 0. The molecule has 2 atom stereocenters. The lowest BCUT2D eigenvalue weighted by atomic mass is 9.77. The fourth-order valence-corrected chi connectivity index (χ4v) is 3.23. The molecule has 0 aliphatic heterocycles. The van der Waals surface area contributed by atoms with Gasteiger partial charge in [-0.1, -0.05) is 25.8 Å². The van der Waals surface area contributed by atoms with E-state index in [9.17, 15) is 9.59 Å². The van der Waals surface area contributed by atoms with Gasteiger partial charge in [-0.05, 0) is 42.4 Å². The number of ether oxygens (including phenoxy) is 1. The maximum absolute atomic E-state index is 12.0. The molecule has 2 N–H and O–H groups in total. The molecule has 21 heavy (non-hydrogen) atoms. The van der Waals surface area contributed by atoms with Crippen molar-refractivity contribution in [2.24, 2.45) is 11.7 Å². The Kier molecular flexibility index (Phi) is 5.12. The van der Waals surface area contributed by atoms with Crippen molar-refractivity contribution >= 4 is 11.7 Å². The van der Waals surface area contributed by atoms with E-state index in [2.05, 4.69) is 6.92 Å². The first-order valence-electron chi connectivity index (χ1n) is 7.48. The van der Waals surface area contributed by atoms with Gasteiger partial charge in [0, 0.05) is 18.2 Å². The summed E-state index contributed by atoms with van der Waals surface area (Å²) in [4.78, 5) is 23.6. The number of rotatable bonds is 5. The van der Waals surface area contributed by atoms with Crippen LogP contribution in [0.5, 0.6) is 0 Å². The molecule has 0 heterocycles. The van der Waals surface area contributed by atoms with E-state index < -0.39 is 5.91 Å². The third-order valence-corrected chi connectivity index (χ3v) is 4.29. The largest absolute Gasteiger partial charge is 0.377 e. The van der Waals surface area contributed by atoms with Gasteiger partial charge in [-0.15, -0.1) is 0 Å². The molecule has 114 valence electrons. The number of carbonyl (C=O) groups excluding carboxylic acids is 2. The topological polar surface area (TPSA) is 69.4 Å². The molecule has 0 spiro atoms. The summed E-state index contributed by atoms with van der Waals surface area (Å²) < 4.78 is 4.90. The lowest BCUT2D eigenvalue weighted by molar-refractivity contribution is 0.0847. The minimum atomic E-state index is -0.422. The van der Waals surface area contributed by atoms with Crippen LogP contribution in [0.2, 0.25) is 0 Å². The number of hydrogen-bond donors (Lipinski definition) is 1. The minimum absolute atomic E-state index is 0.0520. The molecule has 4 nitrogen and oxygen atoms in total. The van der Waals surface area contributed by atoms with Crippen molar-refractivity contribution in [1.29, 1.82) is 0 Å². The Morgan fingerprint density at radius 3 is 2.71 bits per heavy atom. The summed E-state index contributed by atoms with van der Waals surface area (Å²) in [6.07, 6.45) is 4.47. The smallest absolute Gasteiger partial charge is 0.248 e. The predicted molar refractivity (Wildman–Crippen MR) is 81.5 cm³/mol. The molecule has 0 aromatic heterocycles. The van der Waals surface area contributed by atoms with Gasteiger partial charge in [0.25, 0.3) is 0 Å². The van der Waals surface area contributed by atoms with Crippen LogP contribution in [0.25, 0.3) is 0 Å². The van der Waals surface area contributed by atoms with Crippen molar-refractivity contribution in [3.63, 3.8) is 0 Å². The van der Waals surface area contributed by atoms with E-state index in [1.165, 1.54) is 13.5 Å². The van der Waals surface area contributed by atoms with Crippen LogP contribution >= 0.6 is 0 Å². The fourth-order valence-electron chi connectivity index (χ4n) is 3.23. The summed E-state index contributed by atoms with van der Waals surface area (Å²) >= 11 is 0. The molecule has 2 rings (SSSR count). The summed E-state index contributed by atoms with van der Waals surface area (Å²) in [6, 6.07) is 5.18. The van der Waals surface area contributed by atoms with Gasteiger partial charge in [0.2, 0.25) is 5.91 Å². The third kappa shape index (κ3) is 3.70. The lowest BCUT2D eigenvalue weighted by Crippen LogP contribution is -2.20. The number of hydrogen-bond acceptors (Lipinski definition) is 3. The summed E-state index contributed by atoms with van der Waals surface area (Å²) in [5.74, 6) is 0.460. The number of methoxy groups -OCH3 is 1. The second-order valence-electron chi connectivity index (χ2n) is 5.99. The Hall–Kier alpha value is -1.68. The SMILES string of the molecule is COCC(=O)c1ccc(C(N)=O)c(C2CCCC(C)C2)c1. The quantitative estimate of drug-likeness (QED) is 0.847. The predicted octanol–water partition coefficient (Wildman–Crippen LogP) is 2.91. The second-order valence-corrected chi connectivity index (χ2v) is 5.99. The van der Waals surface area contributed by atoms with Gasteiger partial charge in [0.1, 0.15) is 6.61 Å². The Balaban J connectivity index is 2.37. The first kappa shape index (κ1) is 15.7. The van der Waals surface area contributed by atoms with Crippen LogP contribution in [0.15, 0.2) is 18.2 Å². The van der Waals surface area contributed by atoms with E-state index in [1.54, 1.807) is 12.1 Å². The van der Waals surface area contributed by atoms with Crippen LogP contribution < -0.4 is 5.73 Å². The highest BCUT2D eigenvalue weighted by molar-refractivity contribution is 6.00. The lowest BCUT2D eigenvalue weighted by Gasteiger charge is -2.28. The molecule has 0 saturated heterocycles. The highest BCUT2D eigenvalue weighted by Gasteiger charge is 2.24. The molecule has 1 aliphatic rings. The molecule has 1 aliphatic carbocycles. The molecule has 1 saturated carbocycles. The highest BCUT2D eigenvalue weighted by atomic mass is 16.5. The van der Waals surface area contributed by atoms with Gasteiger partial charge >= 0.3 is 0 Å². The van der Waals surface area contributed by atoms with E-state index in [4.69, 9.17) is 10.5 Å². The molecular formula is C17H23NO3. The van der Waals surface area contributed by atoms with Crippen molar-refractivity contribution < 1.29 is 14.3 Å². The van der Waals surface area contributed by atoms with Crippen LogP contribution in [0.3, 0.4) is 0 Å². The number of ketones is 1. The average molecular weight is 289 g/mol. The molecule has 0 radical (unpaired) electrons. The number of Topliss-reactive ketones (excluding diaryl/α,β-unsaturated/α-hetero) is 1. The summed E-state index contributed by atoms with van der Waals surface area (Å²) in [6.45, 7) is 2.28. The van der Waals surface area contributed by atoms with Crippen LogP contribution in [0, 0.1) is 5.92 Å². The van der Waals surface area contributed by atoms with Gasteiger partial charge in [0.15, 0.2) is 5.78 Å². The van der Waals surface area contributed by atoms with Crippen LogP contribution in [0.1, 0.15) is 64.8 Å². The normalized spacial score (nSPS) is 22.0. The van der Waals surface area contributed by atoms with E-state index >= 15 is 0 Å². The molecule has 0 bridgehead atoms. The number of benzene rings is 1. The number of primary amides is 1. The Bertz CT molecular complexity index is 539. The van der Waals surface area contributed by atoms with Crippen molar-refractivity contribution in [2.45, 2.75) is 38.5 Å². The summed E-state index contributed by atoms with van der Waals surface area (Å²) in [7, 11) is 1.50. The van der Waals surface area contributed by atoms with Gasteiger partial charge in [-0.25, -0.2) is 0 Å². The van der Waals surface area contributed by atoms with Gasteiger partial charge in [-0.3, -0.25) is 9.59 Å². The van der Waals surface area contributed by atoms with E-state index in [0.717, 1.165) is 24.8 Å². The average Bonchev–Trinajstić information content (AvgIpc) is 2.46. The fraction of sp³-hybridized carbons (Fsp3) is 0.529. The molecular weight excluding hydrogens is 266 g/mol. The minimum Gasteiger partial charge on any atom is -0.377 e. The first-order chi connectivity index (χ1) is 10.0. The van der Waals surface area contributed by atoms with E-state index in [0.29, 0.717) is 23.0 Å². The number of nitrogens with two attached hydrogens (primary N) is 1. The van der Waals surface area contributed by atoms with Crippen LogP contribution in [-0.2, 0) is 4.74 Å². The zero-order valence-electron chi connectivity index (χ0n) is 12.7. The zero-order chi connectivity index (χ0) is 15.4. The molecule has 2 unspecified atom stereocenters. The second kappa shape index (κ2) is 6.85. The third-order valence-electron chi connectivity index (χ3n) is 4.29. The first-order valence-corrected chi connectivity index (χ1v) is 7.48. The van der Waals surface area contributed by atoms with E-state index in [-0.39, 0.29) is 12.4 Å². The maximum Gasteiger partial charge on any atom is 0.248 e. The molecule has 1 aromatic carbocycles. The van der Waals surface area contributed by atoms with Crippen LogP contribution in [0.4, 0.5) is 0 Å². The highest BCUT2D eigenvalue weighted by Crippen LogP contribution is 2.37. The maximum atomic E-state index is 12.0. The molecule has 1 amide bonds. The van der Waals surface area contributed by atoms with Crippen molar-refractivity contribution in [3.05, 3.63) is 34.9 Å². The number of amides is 1. The van der Waals surface area contributed by atoms with Crippen molar-refractivity contribution in [2.75, 3.05) is 13.7 Å². The monoisotopic (exact) mass is 289 g/mol. The standard InChI is InChI=1S/C17H23NO3/c1-11-4-3-5-12(8-11)15-9-13(16(19)10-21-2)6-7-14(15)17(18)20/h6-7,9,11-12H,3-5,8,10H2,1-2H3,(H2,18,20). The van der Waals surface area contributed by atoms with E-state index in [1.807, 2.05) is 6.07 Å². The Morgan fingerprint density at radius 2 is 2.10 bits per heavy atom. The Labute approximate surface area is 125 Å². The zero-order valence-corrected chi connectivity index (χ0v) is 12.7. The van der Waals surface area contributed by atoms with Gasteiger partial charge in [-0.2, -0.15) is 0 Å². The molecule has 4 heteroatoms. The Morgan fingerprint density at radius 1 is 1.33 bits per heavy atom. The van der Waals surface area contributed by atoms with Crippen molar-refractivity contribution in [1.82, 2.24) is 0 Å². The van der Waals surface area contributed by atoms with Crippen molar-refractivity contribution in [3.8, 4) is 0 Å². The molecule has 1 fully saturated rings. The molecule has 1 aromatic rings. The number of carbonyl (C=O) groups is 2. The summed E-state index contributed by atoms with van der Waals surface area (Å²) in [5.41, 5.74) is 7.56. The van der Waals surface area contributed by atoms with Gasteiger partial charge < -0.3 is 10.5 Å².